The SMILES string of the molecule is Cc1nc(Oc2ccc(C)c(C)c2)c(C)c(-c2ccc(C)c(C)c2)n1. The molecule has 0 fully saturated rings. The molecule has 25 heavy (non-hydrogen) atoms. The summed E-state index contributed by atoms with van der Waals surface area (Å²) < 4.78 is 6.09. The Morgan fingerprint density at radius 3 is 1.96 bits per heavy atom. The minimum Gasteiger partial charge on any atom is -0.439 e. The number of aromatic nitrogens is 2. The van der Waals surface area contributed by atoms with Crippen molar-refractivity contribution in [1.29, 1.82) is 0 Å². The Morgan fingerprint density at radius 1 is 0.680 bits per heavy atom. The molecule has 3 aromatic rings. The van der Waals surface area contributed by atoms with E-state index in [-0.39, 0.29) is 0 Å². The van der Waals surface area contributed by atoms with Gasteiger partial charge in [-0.15, -0.1) is 0 Å². The molecule has 0 amide bonds. The van der Waals surface area contributed by atoms with Crippen LogP contribution in [0.4, 0.5) is 0 Å². The maximum absolute atomic E-state index is 6.09. The molecule has 0 N–H and O–H groups in total. The van der Waals surface area contributed by atoms with Gasteiger partial charge in [-0.05, 0) is 82.0 Å². The van der Waals surface area contributed by atoms with Gasteiger partial charge in [0.15, 0.2) is 0 Å². The van der Waals surface area contributed by atoms with Gasteiger partial charge in [-0.2, -0.15) is 4.98 Å². The number of nitrogens with zero attached hydrogens (tertiary/aromatic N) is 2. The van der Waals surface area contributed by atoms with Crippen LogP contribution in [0.1, 0.15) is 33.6 Å². The number of rotatable bonds is 3. The van der Waals surface area contributed by atoms with E-state index in [0.717, 1.165) is 22.6 Å². The van der Waals surface area contributed by atoms with E-state index < -0.39 is 0 Å². The lowest BCUT2D eigenvalue weighted by atomic mass is 10.0. The number of aryl methyl sites for hydroxylation is 5. The Morgan fingerprint density at radius 2 is 1.32 bits per heavy atom. The van der Waals surface area contributed by atoms with Gasteiger partial charge in [0.1, 0.15) is 11.6 Å². The summed E-state index contributed by atoms with van der Waals surface area (Å²) >= 11 is 0. The van der Waals surface area contributed by atoms with E-state index in [1.165, 1.54) is 22.3 Å². The van der Waals surface area contributed by atoms with Crippen molar-refractivity contribution in [3.63, 3.8) is 0 Å². The first-order chi connectivity index (χ1) is 11.8. The molecule has 0 aliphatic heterocycles. The zero-order valence-electron chi connectivity index (χ0n) is 15.8. The molecule has 128 valence electrons. The van der Waals surface area contributed by atoms with Crippen LogP contribution < -0.4 is 4.74 Å². The van der Waals surface area contributed by atoms with Crippen LogP contribution in [0.2, 0.25) is 0 Å². The fraction of sp³-hybridized carbons (Fsp3) is 0.273. The third kappa shape index (κ3) is 3.55. The van der Waals surface area contributed by atoms with Gasteiger partial charge in [-0.1, -0.05) is 18.2 Å². The van der Waals surface area contributed by atoms with Gasteiger partial charge < -0.3 is 4.74 Å². The molecule has 0 radical (unpaired) electrons. The molecule has 0 saturated carbocycles. The van der Waals surface area contributed by atoms with Crippen LogP contribution >= 0.6 is 0 Å². The number of hydrogen-bond donors (Lipinski definition) is 0. The van der Waals surface area contributed by atoms with E-state index in [0.29, 0.717) is 11.7 Å². The molecule has 1 heterocycles. The average molecular weight is 332 g/mol. The monoisotopic (exact) mass is 332 g/mol. The maximum atomic E-state index is 6.09. The van der Waals surface area contributed by atoms with Crippen molar-refractivity contribution in [2.45, 2.75) is 41.5 Å². The molecule has 0 saturated heterocycles. The minimum atomic E-state index is 0.615. The van der Waals surface area contributed by atoms with E-state index in [1.54, 1.807) is 0 Å². The maximum Gasteiger partial charge on any atom is 0.226 e. The largest absolute Gasteiger partial charge is 0.439 e. The molecule has 0 aliphatic carbocycles. The van der Waals surface area contributed by atoms with Crippen LogP contribution in [0, 0.1) is 41.5 Å². The quantitative estimate of drug-likeness (QED) is 0.609. The molecule has 1 aromatic heterocycles. The van der Waals surface area contributed by atoms with Gasteiger partial charge in [0.2, 0.25) is 5.88 Å². The molecule has 3 nitrogen and oxygen atoms in total. The molecule has 3 heteroatoms. The summed E-state index contributed by atoms with van der Waals surface area (Å²) in [7, 11) is 0. The van der Waals surface area contributed by atoms with E-state index >= 15 is 0 Å². The van der Waals surface area contributed by atoms with Gasteiger partial charge >= 0.3 is 0 Å². The van der Waals surface area contributed by atoms with Gasteiger partial charge in [-0.25, -0.2) is 4.98 Å². The second kappa shape index (κ2) is 6.67. The van der Waals surface area contributed by atoms with Crippen LogP contribution in [0.3, 0.4) is 0 Å². The second-order valence-electron chi connectivity index (χ2n) is 6.70. The molecular formula is C22H24N2O. The van der Waals surface area contributed by atoms with E-state index in [4.69, 9.17) is 4.74 Å². The Balaban J connectivity index is 2.05. The summed E-state index contributed by atoms with van der Waals surface area (Å²) in [4.78, 5) is 9.17. The highest BCUT2D eigenvalue weighted by molar-refractivity contribution is 5.66. The fourth-order valence-corrected chi connectivity index (χ4v) is 2.76. The minimum absolute atomic E-state index is 0.615. The normalized spacial score (nSPS) is 10.8. The summed E-state index contributed by atoms with van der Waals surface area (Å²) in [5.74, 6) is 2.12. The van der Waals surface area contributed by atoms with Crippen LogP contribution in [0.15, 0.2) is 36.4 Å². The Labute approximate surface area is 149 Å². The molecular weight excluding hydrogens is 308 g/mol. The Bertz CT molecular complexity index is 945. The van der Waals surface area contributed by atoms with Crippen molar-refractivity contribution in [2.24, 2.45) is 0 Å². The first-order valence-corrected chi connectivity index (χ1v) is 8.53. The van der Waals surface area contributed by atoms with Crippen molar-refractivity contribution in [3.05, 3.63) is 70.0 Å². The lowest BCUT2D eigenvalue weighted by Gasteiger charge is -2.14. The smallest absolute Gasteiger partial charge is 0.226 e. The summed E-state index contributed by atoms with van der Waals surface area (Å²) in [6.07, 6.45) is 0. The first kappa shape index (κ1) is 17.2. The lowest BCUT2D eigenvalue weighted by molar-refractivity contribution is 0.455. The van der Waals surface area contributed by atoms with Crippen molar-refractivity contribution in [2.75, 3.05) is 0 Å². The molecule has 3 rings (SSSR count). The molecule has 0 atom stereocenters. The average Bonchev–Trinajstić information content (AvgIpc) is 2.56. The first-order valence-electron chi connectivity index (χ1n) is 8.53. The van der Waals surface area contributed by atoms with Crippen molar-refractivity contribution in [3.8, 4) is 22.9 Å². The van der Waals surface area contributed by atoms with Gasteiger partial charge in [-0.3, -0.25) is 0 Å². The van der Waals surface area contributed by atoms with Crippen molar-refractivity contribution >= 4 is 0 Å². The topological polar surface area (TPSA) is 35.0 Å². The van der Waals surface area contributed by atoms with Gasteiger partial charge in [0.05, 0.1) is 5.69 Å². The zero-order valence-corrected chi connectivity index (χ0v) is 15.8. The van der Waals surface area contributed by atoms with Gasteiger partial charge in [0, 0.05) is 11.1 Å². The predicted octanol–water partition coefficient (Wildman–Crippen LogP) is 5.79. The predicted molar refractivity (Wildman–Crippen MR) is 102 cm³/mol. The highest BCUT2D eigenvalue weighted by atomic mass is 16.5. The van der Waals surface area contributed by atoms with Crippen LogP contribution in [0.5, 0.6) is 11.6 Å². The van der Waals surface area contributed by atoms with E-state index in [9.17, 15) is 0 Å². The van der Waals surface area contributed by atoms with Gasteiger partial charge in [0.25, 0.3) is 0 Å². The lowest BCUT2D eigenvalue weighted by Crippen LogP contribution is -2.01. The Kier molecular flexibility index (Phi) is 4.58. The van der Waals surface area contributed by atoms with Crippen LogP contribution in [-0.2, 0) is 0 Å². The number of hydrogen-bond acceptors (Lipinski definition) is 3. The summed E-state index contributed by atoms with van der Waals surface area (Å²) in [6, 6.07) is 12.5. The third-order valence-corrected chi connectivity index (χ3v) is 4.69. The fourth-order valence-electron chi connectivity index (χ4n) is 2.76. The molecule has 0 aliphatic rings. The van der Waals surface area contributed by atoms with Crippen LogP contribution in [0.25, 0.3) is 11.3 Å². The standard InChI is InChI=1S/C22H24N2O/c1-13-7-9-19(11-15(13)3)21-17(5)22(24-18(6)23-21)25-20-10-8-14(2)16(4)12-20/h7-12H,1-6H3. The van der Waals surface area contributed by atoms with E-state index in [1.807, 2.05) is 26.0 Å². The van der Waals surface area contributed by atoms with E-state index in [2.05, 4.69) is 61.9 Å². The highest BCUT2D eigenvalue weighted by Gasteiger charge is 2.14. The summed E-state index contributed by atoms with van der Waals surface area (Å²) in [6.45, 7) is 12.3. The molecule has 0 unspecified atom stereocenters. The van der Waals surface area contributed by atoms with Crippen LogP contribution in [-0.4, -0.2) is 9.97 Å². The van der Waals surface area contributed by atoms with Crippen molar-refractivity contribution < 1.29 is 4.74 Å². The zero-order chi connectivity index (χ0) is 18.1. The number of benzene rings is 2. The van der Waals surface area contributed by atoms with Crippen molar-refractivity contribution in [1.82, 2.24) is 9.97 Å². The summed E-state index contributed by atoms with van der Waals surface area (Å²) in [5, 5.41) is 0. The second-order valence-corrected chi connectivity index (χ2v) is 6.70. The highest BCUT2D eigenvalue weighted by Crippen LogP contribution is 2.31. The third-order valence-electron chi connectivity index (χ3n) is 4.69. The molecule has 0 spiro atoms. The Hall–Kier alpha value is -2.68. The number of ether oxygens (including phenoxy) is 1. The molecule has 2 aromatic carbocycles. The summed E-state index contributed by atoms with van der Waals surface area (Å²) in [5.41, 5.74) is 7.95. The molecule has 0 bridgehead atoms.